The minimum Gasteiger partial charge on any atom is -0.338 e. The highest BCUT2D eigenvalue weighted by Gasteiger charge is 2.28. The second-order valence-electron chi connectivity index (χ2n) is 4.67. The maximum Gasteiger partial charge on any atom is 0.222 e. The number of likely N-dealkylation sites (tertiary alicyclic amines) is 1. The van der Waals surface area contributed by atoms with Gasteiger partial charge in [-0.25, -0.2) is 0 Å². The van der Waals surface area contributed by atoms with E-state index in [9.17, 15) is 4.79 Å². The normalized spacial score (nSPS) is 34.6. The van der Waals surface area contributed by atoms with E-state index < -0.39 is 0 Å². The van der Waals surface area contributed by atoms with Gasteiger partial charge in [0.05, 0.1) is 0 Å². The Kier molecular flexibility index (Phi) is 3.06. The average molecular weight is 196 g/mol. The molecule has 0 bridgehead atoms. The van der Waals surface area contributed by atoms with Crippen molar-refractivity contribution in [2.75, 3.05) is 19.6 Å². The van der Waals surface area contributed by atoms with Crippen molar-refractivity contribution in [1.82, 2.24) is 10.2 Å². The van der Waals surface area contributed by atoms with E-state index in [0.717, 1.165) is 44.8 Å². The first-order valence-corrected chi connectivity index (χ1v) is 5.77. The van der Waals surface area contributed by atoms with E-state index in [0.29, 0.717) is 11.9 Å². The third-order valence-corrected chi connectivity index (χ3v) is 3.51. The van der Waals surface area contributed by atoms with Gasteiger partial charge >= 0.3 is 0 Å². The molecule has 0 aromatic heterocycles. The maximum atomic E-state index is 11.8. The molecule has 3 nitrogen and oxygen atoms in total. The Morgan fingerprint density at radius 2 is 2.21 bits per heavy atom. The number of hydrogen-bond acceptors (Lipinski definition) is 2. The SMILES string of the molecule is CC1CCC(=O)N(C2CCNC2)CC1. The van der Waals surface area contributed by atoms with E-state index in [1.807, 2.05) is 0 Å². The van der Waals surface area contributed by atoms with Crippen molar-refractivity contribution in [2.24, 2.45) is 5.92 Å². The lowest BCUT2D eigenvalue weighted by Crippen LogP contribution is -2.41. The molecule has 2 heterocycles. The van der Waals surface area contributed by atoms with Gasteiger partial charge in [0.1, 0.15) is 0 Å². The van der Waals surface area contributed by atoms with Crippen molar-refractivity contribution in [3.05, 3.63) is 0 Å². The quantitative estimate of drug-likeness (QED) is 0.678. The van der Waals surface area contributed by atoms with Gasteiger partial charge in [0, 0.05) is 25.6 Å². The molecule has 2 atom stereocenters. The van der Waals surface area contributed by atoms with E-state index in [2.05, 4.69) is 17.1 Å². The van der Waals surface area contributed by atoms with Gasteiger partial charge in [-0.05, 0) is 31.7 Å². The Morgan fingerprint density at radius 3 is 2.93 bits per heavy atom. The monoisotopic (exact) mass is 196 g/mol. The maximum absolute atomic E-state index is 11.8. The highest BCUT2D eigenvalue weighted by atomic mass is 16.2. The molecule has 2 aliphatic heterocycles. The van der Waals surface area contributed by atoms with Gasteiger partial charge < -0.3 is 10.2 Å². The van der Waals surface area contributed by atoms with Gasteiger partial charge in [-0.2, -0.15) is 0 Å². The summed E-state index contributed by atoms with van der Waals surface area (Å²) in [7, 11) is 0. The lowest BCUT2D eigenvalue weighted by Gasteiger charge is -2.27. The van der Waals surface area contributed by atoms with Crippen LogP contribution in [-0.2, 0) is 4.79 Å². The molecule has 0 saturated carbocycles. The summed E-state index contributed by atoms with van der Waals surface area (Å²) < 4.78 is 0. The Labute approximate surface area is 85.8 Å². The van der Waals surface area contributed by atoms with E-state index >= 15 is 0 Å². The number of amides is 1. The van der Waals surface area contributed by atoms with Crippen LogP contribution in [0.5, 0.6) is 0 Å². The number of carbonyl (C=O) groups is 1. The van der Waals surface area contributed by atoms with Gasteiger partial charge in [-0.1, -0.05) is 6.92 Å². The van der Waals surface area contributed by atoms with Crippen molar-refractivity contribution in [1.29, 1.82) is 0 Å². The van der Waals surface area contributed by atoms with Crippen molar-refractivity contribution in [3.8, 4) is 0 Å². The zero-order valence-corrected chi connectivity index (χ0v) is 8.96. The molecule has 2 saturated heterocycles. The molecule has 0 aromatic carbocycles. The van der Waals surface area contributed by atoms with Crippen LogP contribution in [0.3, 0.4) is 0 Å². The van der Waals surface area contributed by atoms with Crippen LogP contribution in [-0.4, -0.2) is 36.5 Å². The molecular formula is C11H20N2O. The van der Waals surface area contributed by atoms with Crippen LogP contribution < -0.4 is 5.32 Å². The minimum atomic E-state index is 0.378. The molecule has 2 rings (SSSR count). The van der Waals surface area contributed by atoms with Crippen LogP contribution >= 0.6 is 0 Å². The Morgan fingerprint density at radius 1 is 1.36 bits per heavy atom. The molecule has 80 valence electrons. The number of hydrogen-bond donors (Lipinski definition) is 1. The summed E-state index contributed by atoms with van der Waals surface area (Å²) in [5, 5.41) is 3.33. The molecule has 1 N–H and O–H groups in total. The fourth-order valence-electron chi connectivity index (χ4n) is 2.43. The van der Waals surface area contributed by atoms with E-state index in [4.69, 9.17) is 0 Å². The summed E-state index contributed by atoms with van der Waals surface area (Å²) in [6, 6.07) is 0.479. The first-order valence-electron chi connectivity index (χ1n) is 5.77. The predicted molar refractivity (Wildman–Crippen MR) is 56.0 cm³/mol. The average Bonchev–Trinajstić information content (AvgIpc) is 2.63. The first kappa shape index (κ1) is 9.97. The van der Waals surface area contributed by atoms with Crippen LogP contribution in [0.25, 0.3) is 0 Å². The van der Waals surface area contributed by atoms with Crippen molar-refractivity contribution < 1.29 is 4.79 Å². The Bertz CT molecular complexity index is 211. The van der Waals surface area contributed by atoms with Crippen LogP contribution in [0.15, 0.2) is 0 Å². The van der Waals surface area contributed by atoms with Crippen LogP contribution in [0.1, 0.15) is 32.6 Å². The molecule has 2 fully saturated rings. The highest BCUT2D eigenvalue weighted by molar-refractivity contribution is 5.76. The molecule has 1 amide bonds. The van der Waals surface area contributed by atoms with Crippen molar-refractivity contribution in [3.63, 3.8) is 0 Å². The highest BCUT2D eigenvalue weighted by Crippen LogP contribution is 2.21. The van der Waals surface area contributed by atoms with E-state index in [1.54, 1.807) is 0 Å². The number of carbonyl (C=O) groups excluding carboxylic acids is 1. The van der Waals surface area contributed by atoms with Crippen LogP contribution in [0.2, 0.25) is 0 Å². The molecular weight excluding hydrogens is 176 g/mol. The third kappa shape index (κ3) is 2.08. The molecule has 0 aromatic rings. The number of nitrogens with zero attached hydrogens (tertiary/aromatic N) is 1. The fraction of sp³-hybridized carbons (Fsp3) is 0.909. The van der Waals surface area contributed by atoms with Gasteiger partial charge in [0.25, 0.3) is 0 Å². The summed E-state index contributed by atoms with van der Waals surface area (Å²) in [5.74, 6) is 1.10. The predicted octanol–water partition coefficient (Wildman–Crippen LogP) is 0.997. The van der Waals surface area contributed by atoms with Gasteiger partial charge in [0.2, 0.25) is 5.91 Å². The van der Waals surface area contributed by atoms with E-state index in [-0.39, 0.29) is 0 Å². The standard InChI is InChI=1S/C11H20N2O/c1-9-2-3-11(14)13(7-5-9)10-4-6-12-8-10/h9-10,12H,2-8H2,1H3. The number of rotatable bonds is 1. The van der Waals surface area contributed by atoms with Crippen molar-refractivity contribution in [2.45, 2.75) is 38.6 Å². The zero-order chi connectivity index (χ0) is 9.97. The van der Waals surface area contributed by atoms with Crippen LogP contribution in [0, 0.1) is 5.92 Å². The summed E-state index contributed by atoms with van der Waals surface area (Å²) >= 11 is 0. The molecule has 2 aliphatic rings. The first-order chi connectivity index (χ1) is 6.77. The number of nitrogens with one attached hydrogen (secondary N) is 1. The summed E-state index contributed by atoms with van der Waals surface area (Å²) in [6.45, 7) is 5.31. The molecule has 2 unspecified atom stereocenters. The topological polar surface area (TPSA) is 32.3 Å². The molecule has 0 spiro atoms. The molecule has 14 heavy (non-hydrogen) atoms. The van der Waals surface area contributed by atoms with Gasteiger partial charge in [0.15, 0.2) is 0 Å². The van der Waals surface area contributed by atoms with Gasteiger partial charge in [-0.3, -0.25) is 4.79 Å². The smallest absolute Gasteiger partial charge is 0.222 e. The summed E-state index contributed by atoms with van der Waals surface area (Å²) in [5.41, 5.74) is 0. The molecule has 0 aliphatic carbocycles. The second kappa shape index (κ2) is 4.30. The lowest BCUT2D eigenvalue weighted by molar-refractivity contribution is -0.132. The Balaban J connectivity index is 1.97. The lowest BCUT2D eigenvalue weighted by atomic mass is 10.0. The fourth-order valence-corrected chi connectivity index (χ4v) is 2.43. The summed E-state index contributed by atoms with van der Waals surface area (Å²) in [4.78, 5) is 14.0. The van der Waals surface area contributed by atoms with Crippen molar-refractivity contribution >= 4 is 5.91 Å². The zero-order valence-electron chi connectivity index (χ0n) is 8.96. The van der Waals surface area contributed by atoms with Gasteiger partial charge in [-0.15, -0.1) is 0 Å². The largest absolute Gasteiger partial charge is 0.338 e. The van der Waals surface area contributed by atoms with Crippen LogP contribution in [0.4, 0.5) is 0 Å². The van der Waals surface area contributed by atoms with E-state index in [1.165, 1.54) is 6.42 Å². The minimum absolute atomic E-state index is 0.378. The summed E-state index contributed by atoms with van der Waals surface area (Å²) in [6.07, 6.45) is 4.16. The molecule has 0 radical (unpaired) electrons. The second-order valence-corrected chi connectivity index (χ2v) is 4.67. The third-order valence-electron chi connectivity index (χ3n) is 3.51. The molecule has 3 heteroatoms. The Hall–Kier alpha value is -0.570.